The van der Waals surface area contributed by atoms with E-state index in [-0.39, 0.29) is 17.4 Å². The third-order valence-electron chi connectivity index (χ3n) is 2.58. The third kappa shape index (κ3) is 5.54. The van der Waals surface area contributed by atoms with Crippen molar-refractivity contribution in [1.29, 1.82) is 0 Å². The van der Waals surface area contributed by atoms with Gasteiger partial charge in [-0.25, -0.2) is 0 Å². The second-order valence-corrected chi connectivity index (χ2v) is 4.54. The first-order chi connectivity index (χ1) is 8.93. The molecule has 0 saturated carbocycles. The van der Waals surface area contributed by atoms with Crippen LogP contribution in [0.15, 0.2) is 18.2 Å². The van der Waals surface area contributed by atoms with Gasteiger partial charge in [0.1, 0.15) is 6.04 Å². The van der Waals surface area contributed by atoms with Crippen molar-refractivity contribution in [2.75, 3.05) is 0 Å². The molecular weight excluding hydrogens is 347 g/mol. The van der Waals surface area contributed by atoms with Crippen molar-refractivity contribution in [3.8, 4) is 0 Å². The van der Waals surface area contributed by atoms with Crippen molar-refractivity contribution in [2.24, 2.45) is 5.73 Å². The average molecular weight is 358 g/mol. The van der Waals surface area contributed by atoms with Crippen LogP contribution >= 0.6 is 24.0 Å². The second kappa shape index (κ2) is 7.04. The smallest absolute Gasteiger partial charge is 0.388 e. The van der Waals surface area contributed by atoms with Gasteiger partial charge in [-0.3, -0.25) is 0 Å². The summed E-state index contributed by atoms with van der Waals surface area (Å²) in [6.07, 6.45) is -12.3. The van der Waals surface area contributed by atoms with Gasteiger partial charge in [0.05, 0.1) is 11.7 Å². The van der Waals surface area contributed by atoms with E-state index in [0.29, 0.717) is 12.1 Å². The van der Waals surface area contributed by atoms with Gasteiger partial charge in [0.2, 0.25) is 0 Å². The fourth-order valence-corrected chi connectivity index (χ4v) is 1.72. The molecule has 2 atom stereocenters. The summed E-state index contributed by atoms with van der Waals surface area (Å²) >= 11 is 5.59. The van der Waals surface area contributed by atoms with Crippen molar-refractivity contribution in [1.82, 2.24) is 0 Å². The summed E-state index contributed by atoms with van der Waals surface area (Å²) < 4.78 is 74.2. The normalized spacial score (nSPS) is 15.3. The Morgan fingerprint density at radius 1 is 1.14 bits per heavy atom. The number of benzene rings is 1. The Hall–Kier alpha value is -0.700. The molecule has 0 bridgehead atoms. The maximum atomic E-state index is 12.5. The summed E-state index contributed by atoms with van der Waals surface area (Å²) in [5.41, 5.74) is 3.25. The van der Waals surface area contributed by atoms with Gasteiger partial charge in [0, 0.05) is 11.4 Å². The minimum atomic E-state index is -4.75. The van der Waals surface area contributed by atoms with E-state index in [9.17, 15) is 31.4 Å². The quantitative estimate of drug-likeness (QED) is 0.800. The van der Waals surface area contributed by atoms with Crippen LogP contribution in [0.25, 0.3) is 0 Å². The van der Waals surface area contributed by atoms with Gasteiger partial charge in [-0.2, -0.15) is 26.3 Å². The van der Waals surface area contributed by atoms with Crippen molar-refractivity contribution in [3.63, 3.8) is 0 Å². The molecule has 1 aromatic carbocycles. The largest absolute Gasteiger partial charge is 0.416 e. The summed E-state index contributed by atoms with van der Waals surface area (Å²) in [7, 11) is 0. The molecule has 0 unspecified atom stereocenters. The molecule has 0 heterocycles. The maximum absolute atomic E-state index is 12.5. The van der Waals surface area contributed by atoms with Crippen LogP contribution in [0.3, 0.4) is 0 Å². The van der Waals surface area contributed by atoms with Crippen LogP contribution < -0.4 is 5.73 Å². The summed E-state index contributed by atoms with van der Waals surface area (Å²) in [6, 6.07) is -0.316. The van der Waals surface area contributed by atoms with E-state index in [1.807, 2.05) is 0 Å². The molecule has 122 valence electrons. The van der Waals surface area contributed by atoms with Crippen LogP contribution in [-0.2, 0) is 6.18 Å². The number of rotatable bonds is 3. The SMILES string of the molecule is Cl.N[C@H](C[C@H](O)c1cc(C(F)(F)F)ccc1Cl)C(F)(F)F. The lowest BCUT2D eigenvalue weighted by atomic mass is 10.00. The Bertz CT molecular complexity index is 477. The number of aliphatic hydroxyl groups is 1. The Morgan fingerprint density at radius 3 is 2.10 bits per heavy atom. The van der Waals surface area contributed by atoms with Gasteiger partial charge < -0.3 is 10.8 Å². The fraction of sp³-hybridized carbons (Fsp3) is 0.455. The minimum absolute atomic E-state index is 0. The molecule has 0 radical (unpaired) electrons. The lowest BCUT2D eigenvalue weighted by molar-refractivity contribution is -0.154. The Kier molecular flexibility index (Phi) is 6.81. The molecule has 3 N–H and O–H groups in total. The molecular formula is C11H11Cl2F6NO. The van der Waals surface area contributed by atoms with Crippen molar-refractivity contribution < 1.29 is 31.4 Å². The summed E-state index contributed by atoms with van der Waals surface area (Å²) in [5.74, 6) is 0. The van der Waals surface area contributed by atoms with Gasteiger partial charge >= 0.3 is 12.4 Å². The lowest BCUT2D eigenvalue weighted by Gasteiger charge is -2.20. The zero-order valence-electron chi connectivity index (χ0n) is 10.2. The fourth-order valence-electron chi connectivity index (χ4n) is 1.48. The third-order valence-corrected chi connectivity index (χ3v) is 2.92. The Labute approximate surface area is 127 Å². The summed E-state index contributed by atoms with van der Waals surface area (Å²) in [6.45, 7) is 0. The molecule has 0 aliphatic carbocycles. The van der Waals surface area contributed by atoms with Gasteiger partial charge in [-0.05, 0) is 23.8 Å². The highest BCUT2D eigenvalue weighted by Gasteiger charge is 2.38. The van der Waals surface area contributed by atoms with Crippen LogP contribution in [0.4, 0.5) is 26.3 Å². The van der Waals surface area contributed by atoms with E-state index >= 15 is 0 Å². The van der Waals surface area contributed by atoms with E-state index in [1.165, 1.54) is 0 Å². The number of hydrogen-bond acceptors (Lipinski definition) is 2. The van der Waals surface area contributed by atoms with E-state index in [4.69, 9.17) is 17.3 Å². The second-order valence-electron chi connectivity index (χ2n) is 4.13. The van der Waals surface area contributed by atoms with Crippen LogP contribution in [0.5, 0.6) is 0 Å². The highest BCUT2D eigenvalue weighted by molar-refractivity contribution is 6.31. The number of nitrogens with two attached hydrogens (primary N) is 1. The first-order valence-electron chi connectivity index (χ1n) is 5.30. The molecule has 0 aromatic heterocycles. The van der Waals surface area contributed by atoms with E-state index in [2.05, 4.69) is 0 Å². The van der Waals surface area contributed by atoms with E-state index < -0.39 is 42.0 Å². The molecule has 0 fully saturated rings. The molecule has 0 amide bonds. The van der Waals surface area contributed by atoms with Gasteiger partial charge in [-0.1, -0.05) is 11.6 Å². The molecule has 0 saturated heterocycles. The summed E-state index contributed by atoms with van der Waals surface area (Å²) in [5, 5.41) is 9.33. The number of aliphatic hydroxyl groups excluding tert-OH is 1. The number of halogens is 8. The van der Waals surface area contributed by atoms with Crippen LogP contribution in [0.2, 0.25) is 5.02 Å². The molecule has 10 heteroatoms. The van der Waals surface area contributed by atoms with Crippen molar-refractivity contribution in [3.05, 3.63) is 34.3 Å². The van der Waals surface area contributed by atoms with Crippen molar-refractivity contribution in [2.45, 2.75) is 30.9 Å². The first kappa shape index (κ1) is 20.3. The number of hydrogen-bond donors (Lipinski definition) is 2. The maximum Gasteiger partial charge on any atom is 0.416 e. The average Bonchev–Trinajstić information content (AvgIpc) is 2.26. The van der Waals surface area contributed by atoms with Crippen LogP contribution in [0.1, 0.15) is 23.7 Å². The minimum Gasteiger partial charge on any atom is -0.388 e. The zero-order valence-corrected chi connectivity index (χ0v) is 11.7. The lowest BCUT2D eigenvalue weighted by Crippen LogP contribution is -2.38. The van der Waals surface area contributed by atoms with Gasteiger partial charge in [0.15, 0.2) is 0 Å². The van der Waals surface area contributed by atoms with Crippen LogP contribution in [0, 0.1) is 0 Å². The predicted molar refractivity (Wildman–Crippen MR) is 67.3 cm³/mol. The predicted octanol–water partition coefficient (Wildman–Crippen LogP) is 4.09. The molecule has 1 aromatic rings. The van der Waals surface area contributed by atoms with Gasteiger partial charge in [-0.15, -0.1) is 12.4 Å². The molecule has 21 heavy (non-hydrogen) atoms. The molecule has 2 nitrogen and oxygen atoms in total. The Balaban J connectivity index is 0.00000400. The number of alkyl halides is 6. The van der Waals surface area contributed by atoms with Gasteiger partial charge in [0.25, 0.3) is 0 Å². The highest BCUT2D eigenvalue weighted by Crippen LogP contribution is 2.35. The highest BCUT2D eigenvalue weighted by atomic mass is 35.5. The topological polar surface area (TPSA) is 46.2 Å². The van der Waals surface area contributed by atoms with E-state index in [1.54, 1.807) is 0 Å². The molecule has 0 aliphatic heterocycles. The standard InChI is InChI=1S/C11H10ClF6NO.ClH/c12-7-2-1-5(10(13,14)15)3-6(7)8(20)4-9(19)11(16,17)18;/h1-3,8-9,20H,4,19H2;1H/t8-,9+;/m0./s1. The molecule has 0 aliphatic rings. The summed E-state index contributed by atoms with van der Waals surface area (Å²) in [4.78, 5) is 0. The van der Waals surface area contributed by atoms with E-state index in [0.717, 1.165) is 6.07 Å². The Morgan fingerprint density at radius 2 is 1.67 bits per heavy atom. The first-order valence-corrected chi connectivity index (χ1v) is 5.67. The molecule has 0 spiro atoms. The monoisotopic (exact) mass is 357 g/mol. The molecule has 1 rings (SSSR count). The zero-order chi connectivity index (χ0) is 15.7. The van der Waals surface area contributed by atoms with Crippen molar-refractivity contribution >= 4 is 24.0 Å². The van der Waals surface area contributed by atoms with Crippen LogP contribution in [-0.4, -0.2) is 17.3 Å².